The summed E-state index contributed by atoms with van der Waals surface area (Å²) in [5.41, 5.74) is -0.0885. The molecule has 0 aliphatic heterocycles. The number of hydrogen-bond acceptors (Lipinski definition) is 2. The Morgan fingerprint density at radius 1 is 1.05 bits per heavy atom. The van der Waals surface area contributed by atoms with Gasteiger partial charge in [0.25, 0.3) is 5.91 Å². The van der Waals surface area contributed by atoms with Crippen LogP contribution in [-0.4, -0.2) is 11.0 Å². The summed E-state index contributed by atoms with van der Waals surface area (Å²) in [5.74, 6) is -0.643. The summed E-state index contributed by atoms with van der Waals surface area (Å²) in [7, 11) is 0. The first-order valence-corrected chi connectivity index (χ1v) is 6.10. The smallest absolute Gasteiger partial charge is 0.416 e. The highest BCUT2D eigenvalue weighted by Gasteiger charge is 2.29. The van der Waals surface area contributed by atoms with Gasteiger partial charge in [0.05, 0.1) is 11.1 Å². The number of nitrogens with one attached hydrogen (secondary N) is 1. The van der Waals surface area contributed by atoms with E-state index in [2.05, 4.69) is 5.32 Å². The maximum atomic E-state index is 12.4. The van der Waals surface area contributed by atoms with Gasteiger partial charge in [0.2, 0.25) is 0 Å². The van der Waals surface area contributed by atoms with Crippen molar-refractivity contribution in [2.24, 2.45) is 0 Å². The molecule has 0 fully saturated rings. The van der Waals surface area contributed by atoms with E-state index in [1.54, 1.807) is 12.1 Å². The average molecular weight is 295 g/mol. The van der Waals surface area contributed by atoms with Gasteiger partial charge in [0, 0.05) is 6.54 Å². The number of phenolic OH excluding ortho intramolecular Hbond substituents is 1. The Labute approximate surface area is 119 Å². The van der Waals surface area contributed by atoms with Crippen LogP contribution in [0.3, 0.4) is 0 Å². The summed E-state index contributed by atoms with van der Waals surface area (Å²) in [6, 6.07) is 10.5. The monoisotopic (exact) mass is 295 g/mol. The summed E-state index contributed by atoms with van der Waals surface area (Å²) in [4.78, 5) is 11.8. The molecule has 1 amide bonds. The van der Waals surface area contributed by atoms with Crippen molar-refractivity contribution in [2.45, 2.75) is 12.7 Å². The van der Waals surface area contributed by atoms with Crippen LogP contribution in [0, 0.1) is 0 Å². The van der Waals surface area contributed by atoms with Crippen LogP contribution in [0.25, 0.3) is 0 Å². The molecule has 21 heavy (non-hydrogen) atoms. The molecule has 0 atom stereocenters. The van der Waals surface area contributed by atoms with Gasteiger partial charge in [-0.2, -0.15) is 13.2 Å². The number of para-hydroxylation sites is 1. The van der Waals surface area contributed by atoms with Crippen molar-refractivity contribution in [1.82, 2.24) is 5.32 Å². The fourth-order valence-corrected chi connectivity index (χ4v) is 1.75. The topological polar surface area (TPSA) is 49.3 Å². The van der Waals surface area contributed by atoms with E-state index in [0.29, 0.717) is 5.56 Å². The van der Waals surface area contributed by atoms with Crippen LogP contribution in [0.2, 0.25) is 0 Å². The highest BCUT2D eigenvalue weighted by molar-refractivity contribution is 5.96. The van der Waals surface area contributed by atoms with Crippen LogP contribution in [0.15, 0.2) is 48.5 Å². The van der Waals surface area contributed by atoms with Crippen LogP contribution in [0.1, 0.15) is 21.5 Å². The third-order valence-corrected chi connectivity index (χ3v) is 2.88. The highest BCUT2D eigenvalue weighted by atomic mass is 19.4. The van der Waals surface area contributed by atoms with Crippen LogP contribution < -0.4 is 5.32 Å². The number of halogens is 3. The van der Waals surface area contributed by atoms with Gasteiger partial charge in [0.1, 0.15) is 5.75 Å². The molecule has 0 radical (unpaired) electrons. The first-order valence-electron chi connectivity index (χ1n) is 6.10. The number of benzene rings is 2. The quantitative estimate of drug-likeness (QED) is 0.912. The molecule has 0 aliphatic carbocycles. The summed E-state index contributed by atoms with van der Waals surface area (Å²) in [6.45, 7) is 0.0747. The normalized spacial score (nSPS) is 11.2. The van der Waals surface area contributed by atoms with Crippen molar-refractivity contribution in [3.8, 4) is 5.75 Å². The molecular weight excluding hydrogens is 283 g/mol. The number of phenols is 1. The largest absolute Gasteiger partial charge is 0.507 e. The average Bonchev–Trinajstić information content (AvgIpc) is 2.45. The lowest BCUT2D eigenvalue weighted by molar-refractivity contribution is -0.137. The standard InChI is InChI=1S/C15H12F3NO2/c16-15(17,18)11-7-5-10(6-8-11)9-19-14(21)12-3-1-2-4-13(12)20/h1-8,20H,9H2,(H,19,21). The fraction of sp³-hybridized carbons (Fsp3) is 0.133. The highest BCUT2D eigenvalue weighted by Crippen LogP contribution is 2.29. The lowest BCUT2D eigenvalue weighted by atomic mass is 10.1. The number of alkyl halides is 3. The van der Waals surface area contributed by atoms with Gasteiger partial charge >= 0.3 is 6.18 Å². The maximum absolute atomic E-state index is 12.4. The summed E-state index contributed by atoms with van der Waals surface area (Å²) in [5, 5.41) is 12.1. The van der Waals surface area contributed by atoms with Crippen LogP contribution in [-0.2, 0) is 12.7 Å². The predicted molar refractivity (Wildman–Crippen MR) is 70.7 cm³/mol. The van der Waals surface area contributed by atoms with Crippen molar-refractivity contribution in [2.75, 3.05) is 0 Å². The number of rotatable bonds is 3. The van der Waals surface area contributed by atoms with Crippen molar-refractivity contribution < 1.29 is 23.1 Å². The molecule has 0 saturated carbocycles. The Kier molecular flexibility index (Phi) is 4.16. The molecule has 6 heteroatoms. The third kappa shape index (κ3) is 3.75. The lowest BCUT2D eigenvalue weighted by Gasteiger charge is -2.09. The van der Waals surface area contributed by atoms with E-state index in [1.165, 1.54) is 24.3 Å². The molecular formula is C15H12F3NO2. The Morgan fingerprint density at radius 2 is 1.67 bits per heavy atom. The van der Waals surface area contributed by atoms with Gasteiger partial charge in [0.15, 0.2) is 0 Å². The molecule has 2 N–H and O–H groups in total. The van der Waals surface area contributed by atoms with Crippen LogP contribution in [0.4, 0.5) is 13.2 Å². The fourth-order valence-electron chi connectivity index (χ4n) is 1.75. The minimum Gasteiger partial charge on any atom is -0.507 e. The molecule has 0 spiro atoms. The lowest BCUT2D eigenvalue weighted by Crippen LogP contribution is -2.22. The first kappa shape index (κ1) is 14.9. The number of hydrogen-bond donors (Lipinski definition) is 2. The molecule has 2 aromatic rings. The SMILES string of the molecule is O=C(NCc1ccc(C(F)(F)F)cc1)c1ccccc1O. The summed E-state index contributed by atoms with van der Waals surface area (Å²) < 4.78 is 37.2. The van der Waals surface area contributed by atoms with Crippen molar-refractivity contribution in [1.29, 1.82) is 0 Å². The van der Waals surface area contributed by atoms with E-state index in [-0.39, 0.29) is 17.9 Å². The molecule has 0 heterocycles. The van der Waals surface area contributed by atoms with Gasteiger partial charge < -0.3 is 10.4 Å². The second kappa shape index (κ2) is 5.87. The van der Waals surface area contributed by atoms with E-state index in [4.69, 9.17) is 0 Å². The molecule has 0 aliphatic rings. The molecule has 0 saturated heterocycles. The number of aromatic hydroxyl groups is 1. The molecule has 110 valence electrons. The van der Waals surface area contributed by atoms with E-state index >= 15 is 0 Å². The van der Waals surface area contributed by atoms with E-state index in [9.17, 15) is 23.1 Å². The van der Waals surface area contributed by atoms with Gasteiger partial charge in [-0.1, -0.05) is 24.3 Å². The zero-order valence-corrected chi connectivity index (χ0v) is 10.8. The second-order valence-electron chi connectivity index (χ2n) is 4.39. The van der Waals surface area contributed by atoms with E-state index in [0.717, 1.165) is 12.1 Å². The zero-order chi connectivity index (χ0) is 15.5. The molecule has 0 aromatic heterocycles. The number of carbonyl (C=O) groups excluding carboxylic acids is 1. The van der Waals surface area contributed by atoms with Gasteiger partial charge in [-0.25, -0.2) is 0 Å². The Balaban J connectivity index is 2.00. The van der Waals surface area contributed by atoms with Crippen molar-refractivity contribution in [3.63, 3.8) is 0 Å². The van der Waals surface area contributed by atoms with Gasteiger partial charge in [-0.05, 0) is 29.8 Å². The summed E-state index contributed by atoms with van der Waals surface area (Å²) >= 11 is 0. The number of carbonyl (C=O) groups is 1. The molecule has 0 unspecified atom stereocenters. The Hall–Kier alpha value is -2.50. The van der Waals surface area contributed by atoms with Crippen molar-refractivity contribution >= 4 is 5.91 Å². The van der Waals surface area contributed by atoms with Crippen LogP contribution >= 0.6 is 0 Å². The van der Waals surface area contributed by atoms with Gasteiger partial charge in [-0.15, -0.1) is 0 Å². The van der Waals surface area contributed by atoms with Crippen molar-refractivity contribution in [3.05, 3.63) is 65.2 Å². The molecule has 3 nitrogen and oxygen atoms in total. The summed E-state index contributed by atoms with van der Waals surface area (Å²) in [6.07, 6.45) is -4.38. The predicted octanol–water partition coefficient (Wildman–Crippen LogP) is 3.34. The van der Waals surface area contributed by atoms with E-state index in [1.807, 2.05) is 0 Å². The Bertz CT molecular complexity index is 636. The minimum absolute atomic E-state index is 0.0747. The second-order valence-corrected chi connectivity index (χ2v) is 4.39. The van der Waals surface area contributed by atoms with Crippen LogP contribution in [0.5, 0.6) is 5.75 Å². The Morgan fingerprint density at radius 3 is 2.24 bits per heavy atom. The maximum Gasteiger partial charge on any atom is 0.416 e. The first-order chi connectivity index (χ1) is 9.88. The number of amides is 1. The third-order valence-electron chi connectivity index (χ3n) is 2.88. The molecule has 2 aromatic carbocycles. The van der Waals surface area contributed by atoms with E-state index < -0.39 is 17.6 Å². The molecule has 0 bridgehead atoms. The molecule has 2 rings (SSSR count). The minimum atomic E-state index is -4.38. The zero-order valence-electron chi connectivity index (χ0n) is 10.8. The van der Waals surface area contributed by atoms with Gasteiger partial charge in [-0.3, -0.25) is 4.79 Å².